The van der Waals surface area contributed by atoms with E-state index in [1.165, 1.54) is 0 Å². The largest absolute Gasteiger partial charge is 0.369 e. The van der Waals surface area contributed by atoms with Gasteiger partial charge in [0.25, 0.3) is 0 Å². The van der Waals surface area contributed by atoms with Gasteiger partial charge in [0.1, 0.15) is 0 Å². The first-order chi connectivity index (χ1) is 11.7. The van der Waals surface area contributed by atoms with Crippen LogP contribution in [0.4, 0.5) is 0 Å². The Balaban J connectivity index is 2.11. The zero-order chi connectivity index (χ0) is 16.8. The SMILES string of the molecule is N#Cc1ccc(C(O)(C#Cc2ccccc2)c2ccccc2)cc1. The number of benzene rings is 3. The third kappa shape index (κ3) is 3.20. The number of rotatable bonds is 2. The molecule has 114 valence electrons. The lowest BCUT2D eigenvalue weighted by Crippen LogP contribution is -2.25. The molecule has 0 fully saturated rings. The van der Waals surface area contributed by atoms with Gasteiger partial charge in [-0.15, -0.1) is 0 Å². The first-order valence-corrected chi connectivity index (χ1v) is 7.59. The molecule has 0 spiro atoms. The van der Waals surface area contributed by atoms with E-state index in [0.717, 1.165) is 5.56 Å². The Labute approximate surface area is 141 Å². The standard InChI is InChI=1S/C22H15NO/c23-17-19-11-13-21(14-12-19)22(24,20-9-5-2-6-10-20)16-15-18-7-3-1-4-8-18/h1-14,24H. The topological polar surface area (TPSA) is 44.0 Å². The smallest absolute Gasteiger partial charge is 0.177 e. The van der Waals surface area contributed by atoms with Gasteiger partial charge in [-0.1, -0.05) is 72.5 Å². The zero-order valence-corrected chi connectivity index (χ0v) is 13.0. The Morgan fingerprint density at radius 3 is 1.79 bits per heavy atom. The van der Waals surface area contributed by atoms with E-state index in [0.29, 0.717) is 16.7 Å². The highest BCUT2D eigenvalue weighted by Gasteiger charge is 2.29. The van der Waals surface area contributed by atoms with E-state index in [9.17, 15) is 5.11 Å². The van der Waals surface area contributed by atoms with Crippen LogP contribution in [0.15, 0.2) is 84.9 Å². The highest BCUT2D eigenvalue weighted by molar-refractivity contribution is 5.48. The zero-order valence-electron chi connectivity index (χ0n) is 13.0. The van der Waals surface area contributed by atoms with Gasteiger partial charge in [0.15, 0.2) is 5.60 Å². The molecule has 2 heteroatoms. The third-order valence-electron chi connectivity index (χ3n) is 3.78. The molecule has 0 bridgehead atoms. The average molecular weight is 309 g/mol. The summed E-state index contributed by atoms with van der Waals surface area (Å²) >= 11 is 0. The van der Waals surface area contributed by atoms with Gasteiger partial charge in [-0.25, -0.2) is 0 Å². The lowest BCUT2D eigenvalue weighted by Gasteiger charge is -2.23. The molecule has 0 aliphatic carbocycles. The number of nitriles is 1. The minimum atomic E-state index is -1.44. The molecule has 0 aromatic heterocycles. The van der Waals surface area contributed by atoms with Crippen molar-refractivity contribution in [3.8, 4) is 17.9 Å². The van der Waals surface area contributed by atoms with Crippen molar-refractivity contribution in [2.75, 3.05) is 0 Å². The lowest BCUT2D eigenvalue weighted by molar-refractivity contribution is 0.145. The fraction of sp³-hybridized carbons (Fsp3) is 0.0455. The molecular formula is C22H15NO. The number of hydrogen-bond donors (Lipinski definition) is 1. The van der Waals surface area contributed by atoms with Gasteiger partial charge in [0.2, 0.25) is 0 Å². The van der Waals surface area contributed by atoms with Crippen LogP contribution in [0.5, 0.6) is 0 Å². The predicted molar refractivity (Wildman–Crippen MR) is 93.9 cm³/mol. The van der Waals surface area contributed by atoms with E-state index >= 15 is 0 Å². The molecule has 0 saturated heterocycles. The van der Waals surface area contributed by atoms with Crippen LogP contribution >= 0.6 is 0 Å². The Morgan fingerprint density at radius 2 is 1.21 bits per heavy atom. The van der Waals surface area contributed by atoms with Crippen LogP contribution in [0.3, 0.4) is 0 Å². The Kier molecular flexibility index (Phi) is 4.43. The molecule has 2 nitrogen and oxygen atoms in total. The van der Waals surface area contributed by atoms with Crippen LogP contribution < -0.4 is 0 Å². The third-order valence-corrected chi connectivity index (χ3v) is 3.78. The second kappa shape index (κ2) is 6.84. The van der Waals surface area contributed by atoms with Crippen molar-refractivity contribution in [1.29, 1.82) is 5.26 Å². The van der Waals surface area contributed by atoms with E-state index in [2.05, 4.69) is 17.9 Å². The second-order valence-corrected chi connectivity index (χ2v) is 5.38. The van der Waals surface area contributed by atoms with E-state index in [-0.39, 0.29) is 0 Å². The van der Waals surface area contributed by atoms with Gasteiger partial charge >= 0.3 is 0 Å². The normalized spacial score (nSPS) is 12.3. The summed E-state index contributed by atoms with van der Waals surface area (Å²) in [6, 6.07) is 27.8. The first-order valence-electron chi connectivity index (χ1n) is 7.59. The molecule has 0 saturated carbocycles. The molecule has 3 aromatic carbocycles. The number of aliphatic hydroxyl groups is 1. The quantitative estimate of drug-likeness (QED) is 0.731. The number of hydrogen-bond acceptors (Lipinski definition) is 2. The van der Waals surface area contributed by atoms with Gasteiger partial charge in [-0.2, -0.15) is 5.26 Å². The predicted octanol–water partition coefficient (Wildman–Crippen LogP) is 3.85. The minimum Gasteiger partial charge on any atom is -0.369 e. The number of nitrogens with zero attached hydrogens (tertiary/aromatic N) is 1. The summed E-state index contributed by atoms with van der Waals surface area (Å²) in [6.07, 6.45) is 0. The summed E-state index contributed by atoms with van der Waals surface area (Å²) in [7, 11) is 0. The minimum absolute atomic E-state index is 0.546. The van der Waals surface area contributed by atoms with Crippen molar-refractivity contribution in [2.45, 2.75) is 5.60 Å². The first kappa shape index (κ1) is 15.6. The molecule has 0 amide bonds. The van der Waals surface area contributed by atoms with Crippen LogP contribution in [0, 0.1) is 23.2 Å². The van der Waals surface area contributed by atoms with Gasteiger partial charge < -0.3 is 5.11 Å². The van der Waals surface area contributed by atoms with Crippen molar-refractivity contribution in [3.63, 3.8) is 0 Å². The molecule has 0 radical (unpaired) electrons. The van der Waals surface area contributed by atoms with E-state index in [4.69, 9.17) is 5.26 Å². The maximum atomic E-state index is 11.3. The van der Waals surface area contributed by atoms with Crippen LogP contribution in [0.25, 0.3) is 0 Å². The monoisotopic (exact) mass is 309 g/mol. The molecule has 1 atom stereocenters. The Hall–Kier alpha value is -3.33. The van der Waals surface area contributed by atoms with E-state index < -0.39 is 5.60 Å². The molecule has 3 rings (SSSR count). The van der Waals surface area contributed by atoms with Crippen molar-refractivity contribution in [3.05, 3.63) is 107 Å². The van der Waals surface area contributed by atoms with Crippen LogP contribution in [0.1, 0.15) is 22.3 Å². The van der Waals surface area contributed by atoms with Crippen LogP contribution in [-0.2, 0) is 5.60 Å². The van der Waals surface area contributed by atoms with Crippen LogP contribution in [0.2, 0.25) is 0 Å². The highest BCUT2D eigenvalue weighted by atomic mass is 16.3. The maximum Gasteiger partial charge on any atom is 0.177 e. The second-order valence-electron chi connectivity index (χ2n) is 5.38. The molecular weight excluding hydrogens is 294 g/mol. The molecule has 3 aromatic rings. The van der Waals surface area contributed by atoms with Crippen LogP contribution in [-0.4, -0.2) is 5.11 Å². The van der Waals surface area contributed by atoms with Gasteiger partial charge in [-0.05, 0) is 24.3 Å². The van der Waals surface area contributed by atoms with Crippen molar-refractivity contribution >= 4 is 0 Å². The van der Waals surface area contributed by atoms with Gasteiger partial charge in [-0.3, -0.25) is 0 Å². The molecule has 24 heavy (non-hydrogen) atoms. The lowest BCUT2D eigenvalue weighted by atomic mass is 9.86. The van der Waals surface area contributed by atoms with Gasteiger partial charge in [0.05, 0.1) is 11.6 Å². The summed E-state index contributed by atoms with van der Waals surface area (Å²) in [6.45, 7) is 0. The van der Waals surface area contributed by atoms with E-state index in [1.807, 2.05) is 60.7 Å². The fourth-order valence-electron chi connectivity index (χ4n) is 2.46. The summed E-state index contributed by atoms with van der Waals surface area (Å²) in [5.41, 5.74) is 1.27. The fourth-order valence-corrected chi connectivity index (χ4v) is 2.46. The van der Waals surface area contributed by atoms with Gasteiger partial charge in [0, 0.05) is 16.7 Å². The Morgan fingerprint density at radius 1 is 0.667 bits per heavy atom. The summed E-state index contributed by atoms with van der Waals surface area (Å²) in [5, 5.41) is 20.3. The van der Waals surface area contributed by atoms with Crippen molar-refractivity contribution < 1.29 is 5.11 Å². The molecule has 0 aliphatic heterocycles. The van der Waals surface area contributed by atoms with Crippen molar-refractivity contribution in [1.82, 2.24) is 0 Å². The molecule has 0 heterocycles. The summed E-state index contributed by atoms with van der Waals surface area (Å²) in [4.78, 5) is 0. The van der Waals surface area contributed by atoms with Crippen molar-refractivity contribution in [2.24, 2.45) is 0 Å². The molecule has 1 N–H and O–H groups in total. The average Bonchev–Trinajstić information content (AvgIpc) is 2.68. The summed E-state index contributed by atoms with van der Waals surface area (Å²) < 4.78 is 0. The molecule has 1 unspecified atom stereocenters. The maximum absolute atomic E-state index is 11.3. The molecule has 0 aliphatic rings. The Bertz CT molecular complexity index is 913. The van der Waals surface area contributed by atoms with E-state index in [1.54, 1.807) is 24.3 Å². The summed E-state index contributed by atoms with van der Waals surface area (Å²) in [5.74, 6) is 6.05. The highest BCUT2D eigenvalue weighted by Crippen LogP contribution is 2.29.